The summed E-state index contributed by atoms with van der Waals surface area (Å²) in [6.07, 6.45) is 3.22. The van der Waals surface area contributed by atoms with Crippen LogP contribution in [0.1, 0.15) is 0 Å². The maximum Gasteiger partial charge on any atom is 0.227 e. The molecule has 0 atom stereocenters. The number of fused-ring (bicyclic) bond motifs is 1. The molecule has 0 saturated carbocycles. The summed E-state index contributed by atoms with van der Waals surface area (Å²) in [5.74, 6) is 0.356. The number of nitrogens with two attached hydrogens (primary N) is 1. The van der Waals surface area contributed by atoms with Gasteiger partial charge in [0.2, 0.25) is 5.95 Å². The molecule has 5 nitrogen and oxygen atoms in total. The fourth-order valence-corrected chi connectivity index (χ4v) is 1.32. The summed E-state index contributed by atoms with van der Waals surface area (Å²) >= 11 is 3.27. The van der Waals surface area contributed by atoms with E-state index in [2.05, 4.69) is 31.1 Å². The largest absolute Gasteiger partial charge is 0.368 e. The Labute approximate surface area is 70.4 Å². The number of hydrogen-bond donors (Lipinski definition) is 1. The summed E-state index contributed by atoms with van der Waals surface area (Å²) in [6, 6.07) is 0. The van der Waals surface area contributed by atoms with E-state index in [-0.39, 0.29) is 0 Å². The molecular formula is C5H4BrN5. The van der Waals surface area contributed by atoms with Gasteiger partial charge in [-0.05, 0) is 15.9 Å². The molecule has 0 aliphatic carbocycles. The van der Waals surface area contributed by atoms with E-state index in [1.807, 2.05) is 0 Å². The second-order valence-corrected chi connectivity index (χ2v) is 2.79. The molecule has 2 heterocycles. The maximum absolute atomic E-state index is 5.51. The van der Waals surface area contributed by atoms with Gasteiger partial charge in [0.1, 0.15) is 4.60 Å². The van der Waals surface area contributed by atoms with E-state index in [1.54, 1.807) is 16.8 Å². The van der Waals surface area contributed by atoms with Crippen LogP contribution in [0.3, 0.4) is 0 Å². The third-order valence-corrected chi connectivity index (χ3v) is 1.86. The van der Waals surface area contributed by atoms with Crippen LogP contribution in [0.4, 0.5) is 5.95 Å². The quantitative estimate of drug-likeness (QED) is 0.691. The zero-order chi connectivity index (χ0) is 7.84. The Balaban J connectivity index is 2.96. The minimum absolute atomic E-state index is 0.356. The molecule has 2 aromatic heterocycles. The Bertz CT molecular complexity index is 395. The minimum atomic E-state index is 0.356. The van der Waals surface area contributed by atoms with Crippen molar-refractivity contribution in [1.29, 1.82) is 0 Å². The average molecular weight is 214 g/mol. The topological polar surface area (TPSA) is 69.1 Å². The monoisotopic (exact) mass is 213 g/mol. The van der Waals surface area contributed by atoms with Gasteiger partial charge < -0.3 is 5.73 Å². The van der Waals surface area contributed by atoms with Gasteiger partial charge in [-0.3, -0.25) is 9.38 Å². The van der Waals surface area contributed by atoms with Gasteiger partial charge in [-0.1, -0.05) is 0 Å². The van der Waals surface area contributed by atoms with Crippen molar-refractivity contribution in [2.24, 2.45) is 0 Å². The van der Waals surface area contributed by atoms with Crippen LogP contribution in [0.15, 0.2) is 17.0 Å². The van der Waals surface area contributed by atoms with E-state index >= 15 is 0 Å². The van der Waals surface area contributed by atoms with Gasteiger partial charge in [-0.15, -0.1) is 10.2 Å². The van der Waals surface area contributed by atoms with Crippen molar-refractivity contribution in [3.63, 3.8) is 0 Å². The number of anilines is 1. The summed E-state index contributed by atoms with van der Waals surface area (Å²) in [4.78, 5) is 3.90. The molecule has 0 aliphatic rings. The zero-order valence-electron chi connectivity index (χ0n) is 5.40. The normalized spacial score (nSPS) is 10.6. The number of hydrogen-bond acceptors (Lipinski definition) is 4. The van der Waals surface area contributed by atoms with Crippen LogP contribution >= 0.6 is 15.9 Å². The smallest absolute Gasteiger partial charge is 0.227 e. The highest BCUT2D eigenvalue weighted by molar-refractivity contribution is 9.10. The lowest BCUT2D eigenvalue weighted by Crippen LogP contribution is -1.95. The SMILES string of the molecule is Nc1nnc2cncc(Br)n12. The van der Waals surface area contributed by atoms with E-state index in [9.17, 15) is 0 Å². The third-order valence-electron chi connectivity index (χ3n) is 1.30. The highest BCUT2D eigenvalue weighted by atomic mass is 79.9. The Kier molecular flexibility index (Phi) is 1.28. The maximum atomic E-state index is 5.51. The Morgan fingerprint density at radius 2 is 2.18 bits per heavy atom. The molecule has 0 amide bonds. The molecule has 2 aromatic rings. The van der Waals surface area contributed by atoms with Gasteiger partial charge in [0, 0.05) is 0 Å². The lowest BCUT2D eigenvalue weighted by atomic mass is 10.7. The Morgan fingerprint density at radius 1 is 1.36 bits per heavy atom. The Hall–Kier alpha value is -1.17. The van der Waals surface area contributed by atoms with E-state index in [1.165, 1.54) is 0 Å². The first-order valence-electron chi connectivity index (χ1n) is 2.89. The molecule has 0 fully saturated rings. The molecule has 0 bridgehead atoms. The molecule has 6 heteroatoms. The molecule has 0 saturated heterocycles. The van der Waals surface area contributed by atoms with Gasteiger partial charge in [-0.25, -0.2) is 0 Å². The van der Waals surface area contributed by atoms with Crippen LogP contribution in [0.25, 0.3) is 5.65 Å². The molecule has 2 N–H and O–H groups in total. The fourth-order valence-electron chi connectivity index (χ4n) is 0.835. The molecule has 0 unspecified atom stereocenters. The van der Waals surface area contributed by atoms with Crippen LogP contribution in [-0.4, -0.2) is 19.6 Å². The average Bonchev–Trinajstić information content (AvgIpc) is 2.34. The van der Waals surface area contributed by atoms with Crippen LogP contribution in [0, 0.1) is 0 Å². The standard InChI is InChI=1S/C5H4BrN5/c6-3-1-8-2-4-9-10-5(7)11(3)4/h1-2H,(H2,7,10). The van der Waals surface area contributed by atoms with Crippen molar-refractivity contribution in [3.8, 4) is 0 Å². The van der Waals surface area contributed by atoms with Crippen molar-refractivity contribution in [1.82, 2.24) is 19.6 Å². The molecule has 56 valence electrons. The number of halogens is 1. The lowest BCUT2D eigenvalue weighted by molar-refractivity contribution is 1.09. The molecule has 0 spiro atoms. The van der Waals surface area contributed by atoms with E-state index < -0.39 is 0 Å². The van der Waals surface area contributed by atoms with Gasteiger partial charge in [0.25, 0.3) is 0 Å². The second-order valence-electron chi connectivity index (χ2n) is 1.98. The van der Waals surface area contributed by atoms with Crippen LogP contribution in [-0.2, 0) is 0 Å². The molecule has 0 radical (unpaired) electrons. The molecule has 11 heavy (non-hydrogen) atoms. The lowest BCUT2D eigenvalue weighted by Gasteiger charge is -1.94. The second kappa shape index (κ2) is 2.16. The van der Waals surface area contributed by atoms with E-state index in [4.69, 9.17) is 5.73 Å². The van der Waals surface area contributed by atoms with E-state index in [0.717, 1.165) is 4.60 Å². The molecular weight excluding hydrogens is 210 g/mol. The van der Waals surface area contributed by atoms with Crippen molar-refractivity contribution in [3.05, 3.63) is 17.0 Å². The molecule has 0 aromatic carbocycles. The van der Waals surface area contributed by atoms with Gasteiger partial charge in [0.05, 0.1) is 12.4 Å². The summed E-state index contributed by atoms with van der Waals surface area (Å²) in [7, 11) is 0. The fraction of sp³-hybridized carbons (Fsp3) is 0. The van der Waals surface area contributed by atoms with E-state index in [0.29, 0.717) is 11.6 Å². The summed E-state index contributed by atoms with van der Waals surface area (Å²) in [5, 5.41) is 7.45. The van der Waals surface area contributed by atoms with Crippen LogP contribution in [0.5, 0.6) is 0 Å². The summed E-state index contributed by atoms with van der Waals surface area (Å²) in [5.41, 5.74) is 6.14. The third kappa shape index (κ3) is 0.864. The van der Waals surface area contributed by atoms with Crippen molar-refractivity contribution >= 4 is 27.5 Å². The number of rotatable bonds is 0. The van der Waals surface area contributed by atoms with Crippen LogP contribution < -0.4 is 5.73 Å². The molecule has 0 aliphatic heterocycles. The first-order chi connectivity index (χ1) is 5.29. The first-order valence-corrected chi connectivity index (χ1v) is 3.68. The zero-order valence-corrected chi connectivity index (χ0v) is 6.98. The first kappa shape index (κ1) is 6.53. The summed E-state index contributed by atoms with van der Waals surface area (Å²) < 4.78 is 2.41. The number of aromatic nitrogens is 4. The van der Waals surface area contributed by atoms with Gasteiger partial charge in [-0.2, -0.15) is 0 Å². The predicted octanol–water partition coefficient (Wildman–Crippen LogP) is 0.469. The van der Waals surface area contributed by atoms with Gasteiger partial charge in [0.15, 0.2) is 5.65 Å². The number of nitrogen functional groups attached to an aromatic ring is 1. The van der Waals surface area contributed by atoms with Crippen molar-refractivity contribution < 1.29 is 0 Å². The minimum Gasteiger partial charge on any atom is -0.368 e. The van der Waals surface area contributed by atoms with Gasteiger partial charge >= 0.3 is 0 Å². The van der Waals surface area contributed by atoms with Crippen molar-refractivity contribution in [2.75, 3.05) is 5.73 Å². The van der Waals surface area contributed by atoms with Crippen molar-refractivity contribution in [2.45, 2.75) is 0 Å². The Morgan fingerprint density at radius 3 is 2.91 bits per heavy atom. The molecule has 2 rings (SSSR count). The highest BCUT2D eigenvalue weighted by Gasteiger charge is 2.03. The number of nitrogens with zero attached hydrogens (tertiary/aromatic N) is 4. The highest BCUT2D eigenvalue weighted by Crippen LogP contribution is 2.12. The summed E-state index contributed by atoms with van der Waals surface area (Å²) in [6.45, 7) is 0. The van der Waals surface area contributed by atoms with Crippen LogP contribution in [0.2, 0.25) is 0 Å². The predicted molar refractivity (Wildman–Crippen MR) is 42.9 cm³/mol.